The molecule has 48 heavy (non-hydrogen) atoms. The summed E-state index contributed by atoms with van der Waals surface area (Å²) in [6.07, 6.45) is 10.8. The van der Waals surface area contributed by atoms with Crippen LogP contribution in [0, 0.1) is 5.82 Å². The molecule has 0 amide bonds. The maximum atomic E-state index is 14.4. The van der Waals surface area contributed by atoms with Crippen molar-refractivity contribution in [2.45, 2.75) is 47.5 Å². The Morgan fingerprint density at radius 2 is 1.42 bits per heavy atom. The Bertz CT molecular complexity index is 2050. The van der Waals surface area contributed by atoms with E-state index in [1.54, 1.807) is 35.7 Å². The van der Waals surface area contributed by atoms with E-state index in [0.717, 1.165) is 67.0 Å². The lowest BCUT2D eigenvalue weighted by Gasteiger charge is -2.39. The second-order valence-electron chi connectivity index (χ2n) is 12.9. The summed E-state index contributed by atoms with van der Waals surface area (Å²) in [6.45, 7) is 7.86. The summed E-state index contributed by atoms with van der Waals surface area (Å²) in [6, 6.07) is 29.3. The summed E-state index contributed by atoms with van der Waals surface area (Å²) in [5.41, 5.74) is 8.58. The monoisotopic (exact) mass is 673 g/mol. The van der Waals surface area contributed by atoms with Crippen LogP contribution in [0.25, 0.3) is 28.0 Å². The predicted octanol–water partition coefficient (Wildman–Crippen LogP) is 10.7. The third kappa shape index (κ3) is 4.67. The number of benzene rings is 5. The van der Waals surface area contributed by atoms with Gasteiger partial charge in [0.2, 0.25) is 0 Å². The fraction of sp³-hybridized carbons (Fsp3) is 0.286. The molecule has 8 rings (SSSR count). The van der Waals surface area contributed by atoms with Crippen molar-refractivity contribution < 1.29 is 13.9 Å². The Hall–Kier alpha value is -3.71. The fourth-order valence-electron chi connectivity index (χ4n) is 8.40. The average molecular weight is 674 g/mol. The fourth-order valence-corrected chi connectivity index (χ4v) is 9.89. The molecule has 244 valence electrons. The van der Waals surface area contributed by atoms with E-state index in [9.17, 15) is 4.39 Å². The van der Waals surface area contributed by atoms with Crippen LogP contribution in [0.4, 0.5) is 10.1 Å². The zero-order chi connectivity index (χ0) is 33.0. The van der Waals surface area contributed by atoms with E-state index < -0.39 is 5.60 Å². The van der Waals surface area contributed by atoms with Crippen LogP contribution in [0.3, 0.4) is 0 Å². The van der Waals surface area contributed by atoms with Crippen molar-refractivity contribution in [1.82, 2.24) is 0 Å². The first-order chi connectivity index (χ1) is 23.5. The van der Waals surface area contributed by atoms with Gasteiger partial charge in [0.05, 0.1) is 13.2 Å². The van der Waals surface area contributed by atoms with Gasteiger partial charge in [-0.2, -0.15) is 0 Å². The highest BCUT2D eigenvalue weighted by Gasteiger charge is 2.47. The number of thioether (sulfide) groups is 2. The molecule has 1 saturated heterocycles. The normalized spacial score (nSPS) is 19.1. The minimum absolute atomic E-state index is 0.134. The first-order valence-corrected chi connectivity index (χ1v) is 19.4. The second-order valence-corrected chi connectivity index (χ2v) is 14.6. The maximum Gasteiger partial charge on any atom is 0.178 e. The quantitative estimate of drug-likeness (QED) is 0.160. The van der Waals surface area contributed by atoms with Gasteiger partial charge in [0.15, 0.2) is 5.60 Å². The highest BCUT2D eigenvalue weighted by Crippen LogP contribution is 2.61. The van der Waals surface area contributed by atoms with Gasteiger partial charge in [-0.15, -0.1) is 23.5 Å². The van der Waals surface area contributed by atoms with Crippen LogP contribution >= 0.6 is 23.5 Å². The lowest BCUT2D eigenvalue weighted by atomic mass is 9.71. The molecule has 0 saturated carbocycles. The molecule has 2 heterocycles. The van der Waals surface area contributed by atoms with Gasteiger partial charge in [-0.25, -0.2) is 4.39 Å². The van der Waals surface area contributed by atoms with Crippen molar-refractivity contribution in [2.24, 2.45) is 0 Å². The van der Waals surface area contributed by atoms with Crippen molar-refractivity contribution >= 4 is 46.1 Å². The van der Waals surface area contributed by atoms with Crippen LogP contribution in [0.2, 0.25) is 0 Å². The summed E-state index contributed by atoms with van der Waals surface area (Å²) in [5.74, 6) is 0.637. The minimum atomic E-state index is -0.949. The van der Waals surface area contributed by atoms with Crippen molar-refractivity contribution in [3.05, 3.63) is 125 Å². The minimum Gasteiger partial charge on any atom is -0.472 e. The third-order valence-corrected chi connectivity index (χ3v) is 12.6. The first kappa shape index (κ1) is 31.6. The van der Waals surface area contributed by atoms with E-state index in [2.05, 4.69) is 104 Å². The molecule has 1 fully saturated rings. The molecular formula is C42H40FNO2S2. The molecule has 0 aromatic heterocycles. The maximum absolute atomic E-state index is 14.4. The van der Waals surface area contributed by atoms with Gasteiger partial charge in [0, 0.05) is 56.1 Å². The van der Waals surface area contributed by atoms with Gasteiger partial charge in [-0.3, -0.25) is 0 Å². The van der Waals surface area contributed by atoms with Crippen LogP contribution in [0.15, 0.2) is 101 Å². The molecule has 3 aliphatic rings. The van der Waals surface area contributed by atoms with Crippen LogP contribution in [-0.2, 0) is 15.8 Å². The van der Waals surface area contributed by atoms with Crippen molar-refractivity contribution in [3.63, 3.8) is 0 Å². The van der Waals surface area contributed by atoms with Crippen molar-refractivity contribution in [1.29, 1.82) is 0 Å². The van der Waals surface area contributed by atoms with Gasteiger partial charge in [-0.05, 0) is 95.5 Å². The summed E-state index contributed by atoms with van der Waals surface area (Å²) < 4.78 is 27.6. The predicted molar refractivity (Wildman–Crippen MR) is 201 cm³/mol. The number of hydrogen-bond donors (Lipinski definition) is 0. The Morgan fingerprint density at radius 1 is 0.792 bits per heavy atom. The lowest BCUT2D eigenvalue weighted by Crippen LogP contribution is -2.37. The van der Waals surface area contributed by atoms with E-state index in [-0.39, 0.29) is 11.2 Å². The van der Waals surface area contributed by atoms with Crippen LogP contribution < -0.4 is 9.64 Å². The van der Waals surface area contributed by atoms with E-state index in [1.807, 2.05) is 12.1 Å². The molecule has 0 spiro atoms. The number of nitrogens with zero attached hydrogens (tertiary/aromatic N) is 1. The molecule has 2 aliphatic heterocycles. The molecule has 0 bridgehead atoms. The molecule has 1 unspecified atom stereocenters. The van der Waals surface area contributed by atoms with Gasteiger partial charge in [0.25, 0.3) is 0 Å². The number of morpholine rings is 1. The average Bonchev–Trinajstić information content (AvgIpc) is 3.45. The number of rotatable bonds is 7. The standard InChI is InChI=1S/C42H40FNO2S2/c1-5-41(6-2)35-10-8-7-9-31(35)38-33-25-36(47-3)37(48-4)26-34(33)40-32(39(38)41)19-20-42(46-40,27-11-15-29(43)16-12-27)28-13-17-30(18-14-28)44-21-23-45-24-22-44/h7-20,25-26H,5-6,21-24H2,1-4H3. The summed E-state index contributed by atoms with van der Waals surface area (Å²) in [5, 5.41) is 2.34. The molecule has 6 heteroatoms. The molecule has 1 aliphatic carbocycles. The number of halogens is 1. The number of anilines is 1. The molecule has 5 aromatic carbocycles. The molecular weight excluding hydrogens is 634 g/mol. The lowest BCUT2D eigenvalue weighted by molar-refractivity contribution is 0.122. The topological polar surface area (TPSA) is 21.7 Å². The molecule has 0 N–H and O–H groups in total. The van der Waals surface area contributed by atoms with E-state index in [4.69, 9.17) is 9.47 Å². The van der Waals surface area contributed by atoms with Gasteiger partial charge >= 0.3 is 0 Å². The summed E-state index contributed by atoms with van der Waals surface area (Å²) in [4.78, 5) is 4.87. The van der Waals surface area contributed by atoms with E-state index in [0.29, 0.717) is 0 Å². The Kier molecular flexibility index (Phi) is 8.09. The molecule has 0 radical (unpaired) electrons. The van der Waals surface area contributed by atoms with E-state index >= 15 is 0 Å². The number of fused-ring (bicyclic) bond motifs is 8. The van der Waals surface area contributed by atoms with Gasteiger partial charge < -0.3 is 14.4 Å². The molecule has 5 aromatic rings. The number of hydrogen-bond acceptors (Lipinski definition) is 5. The largest absolute Gasteiger partial charge is 0.472 e. The van der Waals surface area contributed by atoms with Crippen LogP contribution in [0.5, 0.6) is 5.75 Å². The smallest absolute Gasteiger partial charge is 0.178 e. The van der Waals surface area contributed by atoms with Crippen molar-refractivity contribution in [3.8, 4) is 16.9 Å². The SMILES string of the molecule is CCC1(CC)c2ccccc2-c2c1c1c(c3cc(SC)c(SC)cc23)OC(c2ccc(F)cc2)(c2ccc(N3CCOCC3)cc2)C=C1. The van der Waals surface area contributed by atoms with Crippen LogP contribution in [-0.4, -0.2) is 38.8 Å². The van der Waals surface area contributed by atoms with Gasteiger partial charge in [0.1, 0.15) is 11.6 Å². The van der Waals surface area contributed by atoms with Crippen molar-refractivity contribution in [2.75, 3.05) is 43.7 Å². The molecule has 3 nitrogen and oxygen atoms in total. The third-order valence-electron chi connectivity index (χ3n) is 10.9. The highest BCUT2D eigenvalue weighted by atomic mass is 32.2. The zero-order valence-corrected chi connectivity index (χ0v) is 29.6. The van der Waals surface area contributed by atoms with E-state index in [1.165, 1.54) is 43.1 Å². The van der Waals surface area contributed by atoms with Crippen LogP contribution in [0.1, 0.15) is 54.5 Å². The molecule has 1 atom stereocenters. The number of ether oxygens (including phenoxy) is 2. The first-order valence-electron chi connectivity index (χ1n) is 16.9. The summed E-state index contributed by atoms with van der Waals surface area (Å²) >= 11 is 3.57. The Balaban J connectivity index is 1.41. The Morgan fingerprint density at radius 3 is 2.06 bits per heavy atom. The second kappa shape index (κ2) is 12.3. The summed E-state index contributed by atoms with van der Waals surface area (Å²) in [7, 11) is 0. The highest BCUT2D eigenvalue weighted by molar-refractivity contribution is 8.01. The Labute approximate surface area is 291 Å². The van der Waals surface area contributed by atoms with Gasteiger partial charge in [-0.1, -0.05) is 68.5 Å². The zero-order valence-electron chi connectivity index (χ0n) is 27.9.